The molecular weight excluding hydrogens is 246 g/mol. The van der Waals surface area contributed by atoms with E-state index in [1.807, 2.05) is 48.5 Å². The zero-order valence-corrected chi connectivity index (χ0v) is 11.3. The van der Waals surface area contributed by atoms with Gasteiger partial charge in [-0.05, 0) is 17.5 Å². The normalized spacial score (nSPS) is 24.1. The van der Waals surface area contributed by atoms with Crippen molar-refractivity contribution in [2.24, 2.45) is 5.92 Å². The molecule has 1 aliphatic rings. The second-order valence-electron chi connectivity index (χ2n) is 5.35. The van der Waals surface area contributed by atoms with E-state index in [0.717, 1.165) is 12.0 Å². The Balaban J connectivity index is 1.57. The van der Waals surface area contributed by atoms with Gasteiger partial charge in [-0.1, -0.05) is 60.7 Å². The Morgan fingerprint density at radius 2 is 1.70 bits per heavy atom. The largest absolute Gasteiger partial charge is 0.376 e. The maximum atomic E-state index is 9.49. The maximum Gasteiger partial charge on any atom is 0.0877 e. The van der Waals surface area contributed by atoms with Gasteiger partial charge < -0.3 is 4.74 Å². The first-order chi connectivity index (χ1) is 9.85. The van der Waals surface area contributed by atoms with Crippen LogP contribution in [0.2, 0.25) is 0 Å². The minimum absolute atomic E-state index is 0.318. The Bertz CT molecular complexity index is 602. The van der Waals surface area contributed by atoms with Crippen molar-refractivity contribution < 1.29 is 4.74 Å². The second-order valence-corrected chi connectivity index (χ2v) is 5.35. The van der Waals surface area contributed by atoms with E-state index in [-0.39, 0.29) is 5.41 Å². The lowest BCUT2D eigenvalue weighted by Crippen LogP contribution is -2.10. The zero-order chi connectivity index (χ0) is 13.8. The summed E-state index contributed by atoms with van der Waals surface area (Å²) in [6.07, 6.45) is 0.905. The van der Waals surface area contributed by atoms with Crippen molar-refractivity contribution >= 4 is 0 Å². The molecule has 0 aliphatic heterocycles. The summed E-state index contributed by atoms with van der Waals surface area (Å²) >= 11 is 0. The predicted octanol–water partition coefficient (Wildman–Crippen LogP) is 3.68. The van der Waals surface area contributed by atoms with Gasteiger partial charge in [-0.25, -0.2) is 0 Å². The van der Waals surface area contributed by atoms with Crippen molar-refractivity contribution in [2.75, 3.05) is 6.61 Å². The monoisotopic (exact) mass is 263 g/mol. The summed E-state index contributed by atoms with van der Waals surface area (Å²) in [7, 11) is 0. The number of hydrogen-bond acceptors (Lipinski definition) is 2. The molecule has 2 atom stereocenters. The molecule has 0 N–H and O–H groups in total. The van der Waals surface area contributed by atoms with Crippen molar-refractivity contribution in [1.29, 1.82) is 5.26 Å². The summed E-state index contributed by atoms with van der Waals surface area (Å²) < 4.78 is 5.77. The van der Waals surface area contributed by atoms with Crippen LogP contribution in [0, 0.1) is 17.2 Å². The van der Waals surface area contributed by atoms with Crippen LogP contribution in [0.5, 0.6) is 0 Å². The molecule has 1 saturated carbocycles. The van der Waals surface area contributed by atoms with Gasteiger partial charge >= 0.3 is 0 Å². The smallest absolute Gasteiger partial charge is 0.0877 e. The Labute approximate surface area is 119 Å². The minimum atomic E-state index is -0.321. The van der Waals surface area contributed by atoms with Gasteiger partial charge in [0.1, 0.15) is 0 Å². The molecule has 2 nitrogen and oxygen atoms in total. The number of rotatable bonds is 5. The van der Waals surface area contributed by atoms with Crippen LogP contribution < -0.4 is 0 Å². The van der Waals surface area contributed by atoms with Gasteiger partial charge in [0.2, 0.25) is 0 Å². The van der Waals surface area contributed by atoms with Crippen LogP contribution in [0.3, 0.4) is 0 Å². The molecule has 0 saturated heterocycles. The minimum Gasteiger partial charge on any atom is -0.376 e. The lowest BCUT2D eigenvalue weighted by Gasteiger charge is -2.09. The van der Waals surface area contributed by atoms with E-state index in [1.165, 1.54) is 5.56 Å². The standard InChI is InChI=1S/C18H17NO/c19-14-18(16-9-5-2-6-10-16)11-17(18)13-20-12-15-7-3-1-4-8-15/h1-10,17H,11-13H2/t17-,18+/m1/s1. The molecule has 1 aliphatic carbocycles. The Hall–Kier alpha value is -2.11. The van der Waals surface area contributed by atoms with Gasteiger partial charge in [0.05, 0.1) is 24.7 Å². The van der Waals surface area contributed by atoms with Crippen LogP contribution in [-0.2, 0) is 16.8 Å². The van der Waals surface area contributed by atoms with Gasteiger partial charge in [0.15, 0.2) is 0 Å². The van der Waals surface area contributed by atoms with E-state index < -0.39 is 0 Å². The molecule has 1 fully saturated rings. The highest BCUT2D eigenvalue weighted by Gasteiger charge is 2.56. The third kappa shape index (κ3) is 2.45. The van der Waals surface area contributed by atoms with E-state index in [9.17, 15) is 5.26 Å². The van der Waals surface area contributed by atoms with Gasteiger partial charge in [-0.3, -0.25) is 0 Å². The molecule has 2 aromatic carbocycles. The van der Waals surface area contributed by atoms with Crippen LogP contribution in [0.15, 0.2) is 60.7 Å². The Kier molecular flexibility index (Phi) is 3.54. The van der Waals surface area contributed by atoms with Crippen molar-refractivity contribution in [2.45, 2.75) is 18.4 Å². The molecule has 20 heavy (non-hydrogen) atoms. The van der Waals surface area contributed by atoms with E-state index in [2.05, 4.69) is 18.2 Å². The van der Waals surface area contributed by atoms with Gasteiger partial charge in [-0.15, -0.1) is 0 Å². The molecular formula is C18H17NO. The number of hydrogen-bond donors (Lipinski definition) is 0. The zero-order valence-electron chi connectivity index (χ0n) is 11.3. The topological polar surface area (TPSA) is 33.0 Å². The summed E-state index contributed by atoms with van der Waals surface area (Å²) in [5, 5.41) is 9.49. The SMILES string of the molecule is N#C[C@]1(c2ccccc2)C[C@@H]1COCc1ccccc1. The first kappa shape index (κ1) is 12.9. The first-order valence-electron chi connectivity index (χ1n) is 6.93. The van der Waals surface area contributed by atoms with E-state index in [0.29, 0.717) is 19.1 Å². The molecule has 0 radical (unpaired) electrons. The molecule has 0 spiro atoms. The summed E-state index contributed by atoms with van der Waals surface area (Å²) in [6, 6.07) is 22.7. The average Bonchev–Trinajstić information content (AvgIpc) is 3.24. The molecule has 0 aromatic heterocycles. The summed E-state index contributed by atoms with van der Waals surface area (Å²) in [5.74, 6) is 0.318. The van der Waals surface area contributed by atoms with E-state index >= 15 is 0 Å². The van der Waals surface area contributed by atoms with Gasteiger partial charge in [-0.2, -0.15) is 5.26 Å². The molecule has 2 aromatic rings. The lowest BCUT2D eigenvalue weighted by molar-refractivity contribution is 0.108. The van der Waals surface area contributed by atoms with Gasteiger partial charge in [0.25, 0.3) is 0 Å². The van der Waals surface area contributed by atoms with Crippen LogP contribution in [0.4, 0.5) is 0 Å². The van der Waals surface area contributed by atoms with Crippen LogP contribution in [-0.4, -0.2) is 6.61 Å². The molecule has 0 unspecified atom stereocenters. The lowest BCUT2D eigenvalue weighted by atomic mass is 9.95. The average molecular weight is 263 g/mol. The number of ether oxygens (including phenoxy) is 1. The van der Waals surface area contributed by atoms with Crippen LogP contribution in [0.1, 0.15) is 17.5 Å². The Morgan fingerprint density at radius 3 is 2.35 bits per heavy atom. The van der Waals surface area contributed by atoms with E-state index in [4.69, 9.17) is 4.74 Å². The highest BCUT2D eigenvalue weighted by atomic mass is 16.5. The highest BCUT2D eigenvalue weighted by molar-refractivity contribution is 5.41. The summed E-state index contributed by atoms with van der Waals surface area (Å²) in [4.78, 5) is 0. The fourth-order valence-electron chi connectivity index (χ4n) is 2.71. The predicted molar refractivity (Wildman–Crippen MR) is 77.9 cm³/mol. The third-order valence-electron chi connectivity index (χ3n) is 4.02. The molecule has 0 heterocycles. The second kappa shape index (κ2) is 5.48. The third-order valence-corrected chi connectivity index (χ3v) is 4.02. The van der Waals surface area contributed by atoms with Crippen molar-refractivity contribution in [3.8, 4) is 6.07 Å². The molecule has 2 heteroatoms. The highest BCUT2D eigenvalue weighted by Crippen LogP contribution is 2.53. The van der Waals surface area contributed by atoms with Crippen LogP contribution in [0.25, 0.3) is 0 Å². The van der Waals surface area contributed by atoms with Crippen molar-refractivity contribution in [1.82, 2.24) is 0 Å². The fourth-order valence-corrected chi connectivity index (χ4v) is 2.71. The maximum absolute atomic E-state index is 9.49. The fraction of sp³-hybridized carbons (Fsp3) is 0.278. The van der Waals surface area contributed by atoms with Gasteiger partial charge in [0, 0.05) is 5.92 Å². The molecule has 3 rings (SSSR count). The van der Waals surface area contributed by atoms with Crippen molar-refractivity contribution in [3.05, 3.63) is 71.8 Å². The quantitative estimate of drug-likeness (QED) is 0.824. The first-order valence-corrected chi connectivity index (χ1v) is 6.93. The number of benzene rings is 2. The molecule has 100 valence electrons. The molecule has 0 amide bonds. The van der Waals surface area contributed by atoms with E-state index in [1.54, 1.807) is 0 Å². The van der Waals surface area contributed by atoms with Crippen LogP contribution >= 0.6 is 0 Å². The Morgan fingerprint density at radius 1 is 1.05 bits per heavy atom. The summed E-state index contributed by atoms with van der Waals surface area (Å²) in [6.45, 7) is 1.27. The number of nitriles is 1. The summed E-state index contributed by atoms with van der Waals surface area (Å²) in [5.41, 5.74) is 1.98. The molecule has 0 bridgehead atoms. The van der Waals surface area contributed by atoms with Crippen molar-refractivity contribution in [3.63, 3.8) is 0 Å². The number of nitrogens with zero attached hydrogens (tertiary/aromatic N) is 1.